The first-order chi connectivity index (χ1) is 9.00. The van der Waals surface area contributed by atoms with Crippen LogP contribution in [0.1, 0.15) is 46.0 Å². The number of primary amides is 1. The maximum absolute atomic E-state index is 12.7. The van der Waals surface area contributed by atoms with E-state index in [1.54, 1.807) is 0 Å². The Bertz CT molecular complexity index is 340. The number of hydrogen-bond donors (Lipinski definition) is 1. The van der Waals surface area contributed by atoms with Gasteiger partial charge in [0.2, 0.25) is 11.8 Å². The lowest BCUT2D eigenvalue weighted by atomic mass is 9.77. The van der Waals surface area contributed by atoms with Crippen molar-refractivity contribution in [2.75, 3.05) is 13.1 Å². The summed E-state index contributed by atoms with van der Waals surface area (Å²) in [4.78, 5) is 25.8. The van der Waals surface area contributed by atoms with E-state index in [1.807, 2.05) is 11.0 Å². The number of piperidine rings is 1. The Balaban J connectivity index is 2.72. The van der Waals surface area contributed by atoms with Gasteiger partial charge < -0.3 is 10.6 Å². The molecule has 1 rings (SSSR count). The van der Waals surface area contributed by atoms with E-state index in [0.29, 0.717) is 32.4 Å². The Hall–Kier alpha value is -1.32. The first-order valence-corrected chi connectivity index (χ1v) is 7.20. The molecule has 0 radical (unpaired) electrons. The van der Waals surface area contributed by atoms with Crippen LogP contribution in [0.15, 0.2) is 12.7 Å². The summed E-state index contributed by atoms with van der Waals surface area (Å²) in [7, 11) is 0. The Morgan fingerprint density at radius 2 is 1.84 bits per heavy atom. The highest BCUT2D eigenvalue weighted by Gasteiger charge is 2.38. The fourth-order valence-electron chi connectivity index (χ4n) is 2.91. The fourth-order valence-corrected chi connectivity index (χ4v) is 2.91. The molecule has 0 atom stereocenters. The molecule has 1 aliphatic rings. The Kier molecular flexibility index (Phi) is 5.58. The molecule has 0 unspecified atom stereocenters. The van der Waals surface area contributed by atoms with Crippen LogP contribution in [0.3, 0.4) is 0 Å². The van der Waals surface area contributed by atoms with Crippen molar-refractivity contribution in [1.29, 1.82) is 0 Å². The predicted octanol–water partition coefficient (Wildman–Crippen LogP) is 2.09. The highest BCUT2D eigenvalue weighted by atomic mass is 16.2. The zero-order valence-corrected chi connectivity index (χ0v) is 12.2. The van der Waals surface area contributed by atoms with Gasteiger partial charge in [0, 0.05) is 19.0 Å². The van der Waals surface area contributed by atoms with Gasteiger partial charge in [0.25, 0.3) is 0 Å². The zero-order chi connectivity index (χ0) is 14.5. The molecule has 1 saturated heterocycles. The molecule has 108 valence electrons. The first-order valence-electron chi connectivity index (χ1n) is 7.20. The summed E-state index contributed by atoms with van der Waals surface area (Å²) in [5, 5.41) is 0. The number of hydrogen-bond acceptors (Lipinski definition) is 2. The number of carbonyl (C=O) groups is 2. The average molecular weight is 266 g/mol. The normalized spacial score (nSPS) is 17.3. The zero-order valence-electron chi connectivity index (χ0n) is 12.2. The second-order valence-corrected chi connectivity index (χ2v) is 5.45. The number of nitrogens with zero attached hydrogens (tertiary/aromatic N) is 1. The molecule has 0 aliphatic carbocycles. The van der Waals surface area contributed by atoms with Crippen LogP contribution in [-0.4, -0.2) is 29.8 Å². The molecule has 2 amide bonds. The second kappa shape index (κ2) is 6.73. The van der Waals surface area contributed by atoms with Gasteiger partial charge in [0.05, 0.1) is 5.41 Å². The Labute approximate surface area is 116 Å². The van der Waals surface area contributed by atoms with Gasteiger partial charge in [-0.05, 0) is 32.1 Å². The van der Waals surface area contributed by atoms with Gasteiger partial charge in [0.15, 0.2) is 0 Å². The molecule has 1 fully saturated rings. The molecular weight excluding hydrogens is 240 g/mol. The standard InChI is InChI=1S/C15H26N2O2/c1-4-9-15(5-2,6-3)14(19)17-10-7-12(8-11-17)13(16)18/h4,12H,1,5-11H2,2-3H3,(H2,16,18). The maximum Gasteiger partial charge on any atom is 0.229 e. The number of likely N-dealkylation sites (tertiary alicyclic amines) is 1. The summed E-state index contributed by atoms with van der Waals surface area (Å²) >= 11 is 0. The van der Waals surface area contributed by atoms with Crippen molar-refractivity contribution < 1.29 is 9.59 Å². The lowest BCUT2D eigenvalue weighted by Crippen LogP contribution is -2.48. The highest BCUT2D eigenvalue weighted by Crippen LogP contribution is 2.34. The van der Waals surface area contributed by atoms with Crippen LogP contribution in [0.25, 0.3) is 0 Å². The van der Waals surface area contributed by atoms with Crippen molar-refractivity contribution in [3.05, 3.63) is 12.7 Å². The monoisotopic (exact) mass is 266 g/mol. The van der Waals surface area contributed by atoms with Crippen LogP contribution < -0.4 is 5.73 Å². The molecule has 0 aromatic heterocycles. The molecule has 4 nitrogen and oxygen atoms in total. The lowest BCUT2D eigenvalue weighted by molar-refractivity contribution is -0.145. The summed E-state index contributed by atoms with van der Waals surface area (Å²) in [5.41, 5.74) is 5.00. The van der Waals surface area contributed by atoms with Crippen molar-refractivity contribution in [1.82, 2.24) is 4.90 Å². The molecule has 19 heavy (non-hydrogen) atoms. The quantitative estimate of drug-likeness (QED) is 0.748. The molecule has 1 heterocycles. The Morgan fingerprint density at radius 3 is 2.21 bits per heavy atom. The van der Waals surface area contributed by atoms with E-state index in [0.717, 1.165) is 12.8 Å². The van der Waals surface area contributed by atoms with Crippen molar-refractivity contribution in [3.63, 3.8) is 0 Å². The molecule has 0 aromatic rings. The average Bonchev–Trinajstić information content (AvgIpc) is 2.44. The third kappa shape index (κ3) is 3.37. The molecule has 0 spiro atoms. The predicted molar refractivity (Wildman–Crippen MR) is 76.3 cm³/mol. The molecule has 0 saturated carbocycles. The molecule has 2 N–H and O–H groups in total. The van der Waals surface area contributed by atoms with Gasteiger partial charge in [-0.2, -0.15) is 0 Å². The summed E-state index contributed by atoms with van der Waals surface area (Å²) in [6.45, 7) is 9.17. The molecule has 1 aliphatic heterocycles. The van der Waals surface area contributed by atoms with Crippen LogP contribution in [-0.2, 0) is 9.59 Å². The number of nitrogens with two attached hydrogens (primary N) is 1. The van der Waals surface area contributed by atoms with Crippen molar-refractivity contribution in [2.45, 2.75) is 46.0 Å². The van der Waals surface area contributed by atoms with E-state index in [2.05, 4.69) is 20.4 Å². The third-order valence-electron chi connectivity index (χ3n) is 4.53. The minimum absolute atomic E-state index is 0.0684. The lowest BCUT2D eigenvalue weighted by Gasteiger charge is -2.38. The van der Waals surface area contributed by atoms with Crippen LogP contribution in [0.4, 0.5) is 0 Å². The van der Waals surface area contributed by atoms with Gasteiger partial charge in [-0.1, -0.05) is 19.9 Å². The molecule has 4 heteroatoms. The topological polar surface area (TPSA) is 63.4 Å². The minimum Gasteiger partial charge on any atom is -0.369 e. The van der Waals surface area contributed by atoms with E-state index in [9.17, 15) is 9.59 Å². The number of carbonyl (C=O) groups excluding carboxylic acids is 2. The van der Waals surface area contributed by atoms with Gasteiger partial charge in [-0.25, -0.2) is 0 Å². The van der Waals surface area contributed by atoms with Crippen LogP contribution in [0.2, 0.25) is 0 Å². The number of amides is 2. The van der Waals surface area contributed by atoms with Crippen LogP contribution >= 0.6 is 0 Å². The summed E-state index contributed by atoms with van der Waals surface area (Å²) in [6, 6.07) is 0. The smallest absolute Gasteiger partial charge is 0.229 e. The molecule has 0 bridgehead atoms. The first kappa shape index (κ1) is 15.7. The van der Waals surface area contributed by atoms with E-state index >= 15 is 0 Å². The van der Waals surface area contributed by atoms with Gasteiger partial charge >= 0.3 is 0 Å². The van der Waals surface area contributed by atoms with E-state index < -0.39 is 0 Å². The van der Waals surface area contributed by atoms with Gasteiger partial charge in [-0.15, -0.1) is 6.58 Å². The minimum atomic E-state index is -0.318. The Morgan fingerprint density at radius 1 is 1.32 bits per heavy atom. The molecular formula is C15H26N2O2. The fraction of sp³-hybridized carbons (Fsp3) is 0.733. The van der Waals surface area contributed by atoms with Crippen LogP contribution in [0, 0.1) is 11.3 Å². The van der Waals surface area contributed by atoms with E-state index in [-0.39, 0.29) is 23.1 Å². The van der Waals surface area contributed by atoms with Crippen molar-refractivity contribution >= 4 is 11.8 Å². The van der Waals surface area contributed by atoms with E-state index in [4.69, 9.17) is 5.73 Å². The SMILES string of the molecule is C=CCC(CC)(CC)C(=O)N1CCC(C(N)=O)CC1. The van der Waals surface area contributed by atoms with Crippen molar-refractivity contribution in [2.24, 2.45) is 17.1 Å². The van der Waals surface area contributed by atoms with Gasteiger partial charge in [-0.3, -0.25) is 9.59 Å². The van der Waals surface area contributed by atoms with E-state index in [1.165, 1.54) is 0 Å². The maximum atomic E-state index is 12.7. The summed E-state index contributed by atoms with van der Waals surface area (Å²) in [5.74, 6) is -0.100. The van der Waals surface area contributed by atoms with Crippen LogP contribution in [0.5, 0.6) is 0 Å². The van der Waals surface area contributed by atoms with Crippen molar-refractivity contribution in [3.8, 4) is 0 Å². The molecule has 0 aromatic carbocycles. The third-order valence-corrected chi connectivity index (χ3v) is 4.53. The summed E-state index contributed by atoms with van der Waals surface area (Å²) in [6.07, 6.45) is 5.58. The summed E-state index contributed by atoms with van der Waals surface area (Å²) < 4.78 is 0. The second-order valence-electron chi connectivity index (χ2n) is 5.45. The van der Waals surface area contributed by atoms with Gasteiger partial charge in [0.1, 0.15) is 0 Å². The highest BCUT2D eigenvalue weighted by molar-refractivity contribution is 5.83. The number of allylic oxidation sites excluding steroid dienone is 1. The number of rotatable bonds is 6. The largest absolute Gasteiger partial charge is 0.369 e.